The number of ether oxygens (including phenoxy) is 2. The van der Waals surface area contributed by atoms with Crippen LogP contribution in [0.25, 0.3) is 0 Å². The molecule has 1 fully saturated rings. The van der Waals surface area contributed by atoms with Gasteiger partial charge in [0.15, 0.2) is 0 Å². The van der Waals surface area contributed by atoms with Gasteiger partial charge in [-0.3, -0.25) is 0 Å². The van der Waals surface area contributed by atoms with Crippen LogP contribution in [0, 0.1) is 5.92 Å². The van der Waals surface area contributed by atoms with E-state index in [1.165, 1.54) is 5.56 Å². The van der Waals surface area contributed by atoms with Gasteiger partial charge in [0, 0.05) is 25.6 Å². The molecule has 2 atom stereocenters. The van der Waals surface area contributed by atoms with Crippen LogP contribution >= 0.6 is 0 Å². The first-order valence-electron chi connectivity index (χ1n) is 8.57. The van der Waals surface area contributed by atoms with Crippen molar-refractivity contribution in [1.29, 1.82) is 0 Å². The van der Waals surface area contributed by atoms with Gasteiger partial charge < -0.3 is 20.1 Å². The maximum absolute atomic E-state index is 12.1. The van der Waals surface area contributed by atoms with Crippen molar-refractivity contribution >= 4 is 6.03 Å². The summed E-state index contributed by atoms with van der Waals surface area (Å²) in [5.41, 5.74) is 2.20. The molecule has 132 valence electrons. The smallest absolute Gasteiger partial charge is 0.315 e. The highest BCUT2D eigenvalue weighted by Gasteiger charge is 2.29. The number of urea groups is 1. The summed E-state index contributed by atoms with van der Waals surface area (Å²) >= 11 is 0. The number of hydrogen-bond acceptors (Lipinski definition) is 3. The number of nitrogens with one attached hydrogen (secondary N) is 2. The van der Waals surface area contributed by atoms with E-state index in [1.54, 1.807) is 7.11 Å². The van der Waals surface area contributed by atoms with Gasteiger partial charge in [0.25, 0.3) is 0 Å². The Morgan fingerprint density at radius 3 is 2.60 bits per heavy atom. The maximum Gasteiger partial charge on any atom is 0.315 e. The molecule has 2 aromatic rings. The Morgan fingerprint density at radius 2 is 1.88 bits per heavy atom. The molecule has 2 amide bonds. The predicted molar refractivity (Wildman–Crippen MR) is 96.5 cm³/mol. The van der Waals surface area contributed by atoms with E-state index in [0.29, 0.717) is 19.0 Å². The van der Waals surface area contributed by atoms with E-state index in [1.807, 2.05) is 42.5 Å². The van der Waals surface area contributed by atoms with Crippen molar-refractivity contribution in [1.82, 2.24) is 10.6 Å². The Balaban J connectivity index is 1.45. The molecule has 25 heavy (non-hydrogen) atoms. The van der Waals surface area contributed by atoms with Crippen LogP contribution in [0.1, 0.15) is 23.7 Å². The SMILES string of the molecule is COc1ccc(CNC(=O)NC[C@H]2CCO[C@@H]2c2ccccc2)cc1. The van der Waals surface area contributed by atoms with Gasteiger partial charge in [-0.25, -0.2) is 4.79 Å². The number of methoxy groups -OCH3 is 1. The Hall–Kier alpha value is -2.53. The second-order valence-corrected chi connectivity index (χ2v) is 6.16. The van der Waals surface area contributed by atoms with Gasteiger partial charge in [0.05, 0.1) is 13.2 Å². The van der Waals surface area contributed by atoms with Crippen LogP contribution in [-0.2, 0) is 11.3 Å². The highest BCUT2D eigenvalue weighted by atomic mass is 16.5. The van der Waals surface area contributed by atoms with Gasteiger partial charge in [0.2, 0.25) is 0 Å². The highest BCUT2D eigenvalue weighted by molar-refractivity contribution is 5.73. The summed E-state index contributed by atoms with van der Waals surface area (Å²) in [6.07, 6.45) is 1.02. The predicted octanol–water partition coefficient (Wildman–Crippen LogP) is 3.27. The van der Waals surface area contributed by atoms with E-state index in [0.717, 1.165) is 24.3 Å². The van der Waals surface area contributed by atoms with Crippen molar-refractivity contribution in [2.45, 2.75) is 19.1 Å². The third kappa shape index (κ3) is 4.73. The largest absolute Gasteiger partial charge is 0.497 e. The molecular formula is C20H24N2O3. The highest BCUT2D eigenvalue weighted by Crippen LogP contribution is 2.33. The van der Waals surface area contributed by atoms with E-state index in [4.69, 9.17) is 9.47 Å². The Bertz CT molecular complexity index is 673. The third-order valence-corrected chi connectivity index (χ3v) is 4.48. The first kappa shape index (κ1) is 17.3. The summed E-state index contributed by atoms with van der Waals surface area (Å²) in [7, 11) is 1.64. The van der Waals surface area contributed by atoms with Crippen molar-refractivity contribution in [2.24, 2.45) is 5.92 Å². The summed E-state index contributed by atoms with van der Waals surface area (Å²) in [5, 5.41) is 5.85. The van der Waals surface area contributed by atoms with Crippen LogP contribution in [-0.4, -0.2) is 26.3 Å². The summed E-state index contributed by atoms with van der Waals surface area (Å²) in [6.45, 7) is 1.83. The van der Waals surface area contributed by atoms with Gasteiger partial charge in [-0.15, -0.1) is 0 Å². The molecule has 0 unspecified atom stereocenters. The number of carbonyl (C=O) groups excluding carboxylic acids is 1. The zero-order chi connectivity index (χ0) is 17.5. The molecule has 2 aromatic carbocycles. The molecule has 0 aromatic heterocycles. The molecule has 0 radical (unpaired) electrons. The van der Waals surface area contributed by atoms with Crippen LogP contribution < -0.4 is 15.4 Å². The minimum Gasteiger partial charge on any atom is -0.497 e. The van der Waals surface area contributed by atoms with Gasteiger partial charge in [-0.1, -0.05) is 42.5 Å². The van der Waals surface area contributed by atoms with E-state index in [9.17, 15) is 4.79 Å². The molecule has 3 rings (SSSR count). The molecular weight excluding hydrogens is 316 g/mol. The number of amides is 2. The van der Waals surface area contributed by atoms with Gasteiger partial charge in [-0.05, 0) is 29.7 Å². The summed E-state index contributed by atoms with van der Waals surface area (Å²) in [4.78, 5) is 12.1. The van der Waals surface area contributed by atoms with Gasteiger partial charge in [0.1, 0.15) is 5.75 Å². The van der Waals surface area contributed by atoms with Crippen LogP contribution in [0.4, 0.5) is 4.79 Å². The van der Waals surface area contributed by atoms with Crippen LogP contribution in [0.15, 0.2) is 54.6 Å². The molecule has 1 aliphatic rings. The molecule has 2 N–H and O–H groups in total. The maximum atomic E-state index is 12.1. The van der Waals surface area contributed by atoms with Crippen LogP contribution in [0.2, 0.25) is 0 Å². The van der Waals surface area contributed by atoms with E-state index in [-0.39, 0.29) is 12.1 Å². The summed E-state index contributed by atoms with van der Waals surface area (Å²) in [6, 6.07) is 17.7. The fraction of sp³-hybridized carbons (Fsp3) is 0.350. The van der Waals surface area contributed by atoms with Crippen molar-refractivity contribution in [3.63, 3.8) is 0 Å². The van der Waals surface area contributed by atoms with Crippen molar-refractivity contribution < 1.29 is 14.3 Å². The lowest BCUT2D eigenvalue weighted by Crippen LogP contribution is -2.38. The second kappa shape index (κ2) is 8.53. The number of carbonyl (C=O) groups is 1. The molecule has 1 heterocycles. The second-order valence-electron chi connectivity index (χ2n) is 6.16. The lowest BCUT2D eigenvalue weighted by molar-refractivity contribution is 0.0910. The zero-order valence-corrected chi connectivity index (χ0v) is 14.4. The third-order valence-electron chi connectivity index (χ3n) is 4.48. The fourth-order valence-electron chi connectivity index (χ4n) is 3.07. The molecule has 0 aliphatic carbocycles. The fourth-order valence-corrected chi connectivity index (χ4v) is 3.07. The van der Waals surface area contributed by atoms with Crippen molar-refractivity contribution in [3.05, 3.63) is 65.7 Å². The standard InChI is InChI=1S/C20H24N2O3/c1-24-18-9-7-15(8-10-18)13-21-20(23)22-14-17-11-12-25-19(17)16-5-3-2-4-6-16/h2-10,17,19H,11-14H2,1H3,(H2,21,22,23)/t17-,19-/m1/s1. The molecule has 0 bridgehead atoms. The molecule has 1 saturated heterocycles. The van der Waals surface area contributed by atoms with Crippen molar-refractivity contribution in [2.75, 3.05) is 20.3 Å². The quantitative estimate of drug-likeness (QED) is 0.848. The van der Waals surface area contributed by atoms with Crippen LogP contribution in [0.5, 0.6) is 5.75 Å². The normalized spacial score (nSPS) is 19.4. The first-order chi connectivity index (χ1) is 12.3. The summed E-state index contributed by atoms with van der Waals surface area (Å²) < 4.78 is 11.0. The number of benzene rings is 2. The molecule has 1 aliphatic heterocycles. The molecule has 5 heteroatoms. The van der Waals surface area contributed by atoms with E-state index < -0.39 is 0 Å². The first-order valence-corrected chi connectivity index (χ1v) is 8.57. The monoisotopic (exact) mass is 340 g/mol. The number of rotatable bonds is 6. The van der Waals surface area contributed by atoms with E-state index in [2.05, 4.69) is 22.8 Å². The minimum absolute atomic E-state index is 0.0584. The summed E-state index contributed by atoms with van der Waals surface area (Å²) in [5.74, 6) is 1.11. The lowest BCUT2D eigenvalue weighted by Gasteiger charge is -2.19. The topological polar surface area (TPSA) is 59.6 Å². The molecule has 0 saturated carbocycles. The molecule has 0 spiro atoms. The van der Waals surface area contributed by atoms with Gasteiger partial charge in [-0.2, -0.15) is 0 Å². The van der Waals surface area contributed by atoms with E-state index >= 15 is 0 Å². The lowest BCUT2D eigenvalue weighted by atomic mass is 9.95. The number of hydrogen-bond donors (Lipinski definition) is 2. The Kier molecular flexibility index (Phi) is 5.90. The van der Waals surface area contributed by atoms with Gasteiger partial charge >= 0.3 is 6.03 Å². The van der Waals surface area contributed by atoms with Crippen LogP contribution in [0.3, 0.4) is 0 Å². The Labute approximate surface area is 148 Å². The molecule has 5 nitrogen and oxygen atoms in total. The van der Waals surface area contributed by atoms with Crippen molar-refractivity contribution in [3.8, 4) is 5.75 Å². The minimum atomic E-state index is -0.158. The average Bonchev–Trinajstić information content (AvgIpc) is 3.14. The zero-order valence-electron chi connectivity index (χ0n) is 14.4. The average molecular weight is 340 g/mol. The Morgan fingerprint density at radius 1 is 1.12 bits per heavy atom.